The zero-order valence-electron chi connectivity index (χ0n) is 19.5. The van der Waals surface area contributed by atoms with Crippen molar-refractivity contribution in [2.45, 2.75) is 45.0 Å². The molecule has 176 valence electrons. The van der Waals surface area contributed by atoms with Gasteiger partial charge < -0.3 is 22.3 Å². The Hall–Kier alpha value is -3.16. The predicted molar refractivity (Wildman–Crippen MR) is 134 cm³/mol. The van der Waals surface area contributed by atoms with Gasteiger partial charge in [-0.15, -0.1) is 0 Å². The fourth-order valence-electron chi connectivity index (χ4n) is 2.68. The molecule has 0 saturated carbocycles. The van der Waals surface area contributed by atoms with Crippen LogP contribution in [0.4, 0.5) is 0 Å². The van der Waals surface area contributed by atoms with Crippen LogP contribution in [0.25, 0.3) is 0 Å². The molecule has 0 spiro atoms. The minimum Gasteiger partial charge on any atom is -0.387 e. The molecule has 3 rings (SSSR count). The lowest BCUT2D eigenvalue weighted by Crippen LogP contribution is -2.26. The number of benzene rings is 3. The molecule has 0 saturated heterocycles. The summed E-state index contributed by atoms with van der Waals surface area (Å²) in [4.78, 5) is 22.4. The normalized spacial score (nSPS) is 13.7. The SMILES string of the molecule is CC(N)C(=O)c1ccccc1.C[C@H](N)C(=O)c1ccccc1.C[C@H](N)[C@H](O)c1ccccc1. The Morgan fingerprint density at radius 1 is 0.606 bits per heavy atom. The summed E-state index contributed by atoms with van der Waals surface area (Å²) in [7, 11) is 0. The molecular weight excluding hydrogens is 414 g/mol. The molecule has 0 aliphatic rings. The van der Waals surface area contributed by atoms with Gasteiger partial charge in [0, 0.05) is 17.2 Å². The van der Waals surface area contributed by atoms with Crippen molar-refractivity contribution in [2.75, 3.05) is 0 Å². The Labute approximate surface area is 196 Å². The fraction of sp³-hybridized carbons (Fsp3) is 0.259. The summed E-state index contributed by atoms with van der Waals surface area (Å²) >= 11 is 0. The van der Waals surface area contributed by atoms with E-state index in [4.69, 9.17) is 17.2 Å². The number of carbonyl (C=O) groups excluding carboxylic acids is 2. The van der Waals surface area contributed by atoms with Crippen LogP contribution in [0.5, 0.6) is 0 Å². The minimum absolute atomic E-state index is 0.00870. The summed E-state index contributed by atoms with van der Waals surface area (Å²) in [5.41, 5.74) is 18.6. The topological polar surface area (TPSA) is 132 Å². The zero-order chi connectivity index (χ0) is 24.8. The first-order chi connectivity index (χ1) is 15.6. The van der Waals surface area contributed by atoms with E-state index >= 15 is 0 Å². The molecule has 0 aromatic heterocycles. The molecule has 0 amide bonds. The van der Waals surface area contributed by atoms with Gasteiger partial charge in [-0.3, -0.25) is 9.59 Å². The maximum atomic E-state index is 11.2. The third-order valence-corrected chi connectivity index (χ3v) is 4.58. The largest absolute Gasteiger partial charge is 0.387 e. The van der Waals surface area contributed by atoms with Crippen molar-refractivity contribution in [1.29, 1.82) is 0 Å². The van der Waals surface area contributed by atoms with Crippen molar-refractivity contribution < 1.29 is 14.7 Å². The van der Waals surface area contributed by atoms with E-state index in [9.17, 15) is 14.7 Å². The van der Waals surface area contributed by atoms with E-state index in [0.29, 0.717) is 11.1 Å². The Kier molecular flexibility index (Phi) is 12.5. The van der Waals surface area contributed by atoms with Gasteiger partial charge in [0.2, 0.25) is 0 Å². The first-order valence-electron chi connectivity index (χ1n) is 10.8. The first-order valence-corrected chi connectivity index (χ1v) is 10.8. The van der Waals surface area contributed by atoms with Crippen molar-refractivity contribution >= 4 is 11.6 Å². The highest BCUT2D eigenvalue weighted by molar-refractivity contribution is 6.00. The molecule has 0 aliphatic heterocycles. The summed E-state index contributed by atoms with van der Waals surface area (Å²) in [5, 5.41) is 9.47. The van der Waals surface area contributed by atoms with Crippen LogP contribution in [0.1, 0.15) is 53.2 Å². The Morgan fingerprint density at radius 3 is 1.18 bits per heavy atom. The van der Waals surface area contributed by atoms with Crippen LogP contribution in [0, 0.1) is 0 Å². The van der Waals surface area contributed by atoms with E-state index in [1.165, 1.54) is 0 Å². The van der Waals surface area contributed by atoms with Gasteiger partial charge in [0.25, 0.3) is 0 Å². The van der Waals surface area contributed by atoms with Gasteiger partial charge in [-0.05, 0) is 26.3 Å². The van der Waals surface area contributed by atoms with Crippen molar-refractivity contribution in [3.63, 3.8) is 0 Å². The number of aliphatic hydroxyl groups is 1. The highest BCUT2D eigenvalue weighted by atomic mass is 16.3. The highest BCUT2D eigenvalue weighted by Crippen LogP contribution is 2.13. The molecule has 6 nitrogen and oxygen atoms in total. The minimum atomic E-state index is -0.545. The van der Waals surface area contributed by atoms with Gasteiger partial charge in [-0.2, -0.15) is 0 Å². The molecule has 0 aliphatic carbocycles. The smallest absolute Gasteiger partial charge is 0.179 e. The third-order valence-electron chi connectivity index (χ3n) is 4.58. The lowest BCUT2D eigenvalue weighted by atomic mass is 10.0. The second-order valence-electron chi connectivity index (χ2n) is 7.75. The standard InChI is InChI=1S/C9H13NO.2C9H11NO/c3*1-7(10)9(11)8-5-3-2-4-6-8/h2-7,9,11H,10H2,1H3;2*2-7H,10H2,1H3/t7-,9-;7-;/m00./s1. The summed E-state index contributed by atoms with van der Waals surface area (Å²) in [6.07, 6.45) is -0.545. The van der Waals surface area contributed by atoms with Crippen LogP contribution >= 0.6 is 0 Å². The van der Waals surface area contributed by atoms with Gasteiger partial charge in [-0.25, -0.2) is 0 Å². The number of rotatable bonds is 6. The highest BCUT2D eigenvalue weighted by Gasteiger charge is 2.11. The van der Waals surface area contributed by atoms with Crippen molar-refractivity contribution in [3.05, 3.63) is 108 Å². The van der Waals surface area contributed by atoms with E-state index in [1.54, 1.807) is 45.0 Å². The summed E-state index contributed by atoms with van der Waals surface area (Å²) in [6.45, 7) is 5.17. The molecule has 0 radical (unpaired) electrons. The van der Waals surface area contributed by atoms with Crippen LogP contribution in [0.3, 0.4) is 0 Å². The summed E-state index contributed by atoms with van der Waals surface area (Å²) in [5.74, 6) is -0.0174. The van der Waals surface area contributed by atoms with Gasteiger partial charge >= 0.3 is 0 Å². The number of aliphatic hydroxyl groups excluding tert-OH is 1. The number of ketones is 2. The summed E-state index contributed by atoms with van der Waals surface area (Å²) < 4.78 is 0. The van der Waals surface area contributed by atoms with Crippen molar-refractivity contribution in [1.82, 2.24) is 0 Å². The van der Waals surface area contributed by atoms with E-state index < -0.39 is 18.2 Å². The van der Waals surface area contributed by atoms with Crippen molar-refractivity contribution in [3.8, 4) is 0 Å². The van der Waals surface area contributed by atoms with E-state index in [-0.39, 0.29) is 17.6 Å². The molecule has 3 aromatic rings. The van der Waals surface area contributed by atoms with E-state index in [1.807, 2.05) is 66.7 Å². The number of Topliss-reactive ketones (excluding diaryl/α,β-unsaturated/α-hetero) is 2. The fourth-order valence-corrected chi connectivity index (χ4v) is 2.68. The molecule has 4 atom stereocenters. The number of hydrogen-bond donors (Lipinski definition) is 4. The molecule has 7 N–H and O–H groups in total. The Morgan fingerprint density at radius 2 is 0.909 bits per heavy atom. The number of hydrogen-bond acceptors (Lipinski definition) is 6. The first kappa shape index (κ1) is 27.9. The lowest BCUT2D eigenvalue weighted by molar-refractivity contribution is 0.0961. The second-order valence-corrected chi connectivity index (χ2v) is 7.75. The maximum Gasteiger partial charge on any atom is 0.179 e. The monoisotopic (exact) mass is 449 g/mol. The molecule has 1 unspecified atom stereocenters. The zero-order valence-corrected chi connectivity index (χ0v) is 19.5. The van der Waals surface area contributed by atoms with E-state index in [0.717, 1.165) is 5.56 Å². The quantitative estimate of drug-likeness (QED) is 0.426. The van der Waals surface area contributed by atoms with Crippen LogP contribution in [0.2, 0.25) is 0 Å². The maximum absolute atomic E-state index is 11.2. The van der Waals surface area contributed by atoms with Crippen LogP contribution in [-0.2, 0) is 0 Å². The molecule has 33 heavy (non-hydrogen) atoms. The molecule has 0 heterocycles. The van der Waals surface area contributed by atoms with Crippen LogP contribution in [0.15, 0.2) is 91.0 Å². The molecule has 3 aromatic carbocycles. The van der Waals surface area contributed by atoms with E-state index in [2.05, 4.69) is 0 Å². The van der Waals surface area contributed by atoms with Gasteiger partial charge in [0.1, 0.15) is 0 Å². The number of carbonyl (C=O) groups is 2. The Balaban J connectivity index is 0.000000247. The molecule has 0 bridgehead atoms. The molecule has 6 heteroatoms. The average Bonchev–Trinajstić information content (AvgIpc) is 2.84. The van der Waals surface area contributed by atoms with Gasteiger partial charge in [0.15, 0.2) is 11.6 Å². The average molecular weight is 450 g/mol. The predicted octanol–water partition coefficient (Wildman–Crippen LogP) is 3.50. The van der Waals surface area contributed by atoms with Gasteiger partial charge in [0.05, 0.1) is 18.2 Å². The van der Waals surface area contributed by atoms with Crippen LogP contribution in [-0.4, -0.2) is 34.8 Å². The number of nitrogens with two attached hydrogens (primary N) is 3. The van der Waals surface area contributed by atoms with Gasteiger partial charge in [-0.1, -0.05) is 91.0 Å². The third kappa shape index (κ3) is 10.3. The second kappa shape index (κ2) is 14.8. The van der Waals surface area contributed by atoms with Crippen LogP contribution < -0.4 is 17.2 Å². The Bertz CT molecular complexity index is 889. The lowest BCUT2D eigenvalue weighted by Gasteiger charge is -2.13. The molecular formula is C27H35N3O3. The molecule has 0 fully saturated rings. The summed E-state index contributed by atoms with van der Waals surface area (Å²) in [6, 6.07) is 26.6. The van der Waals surface area contributed by atoms with Crippen molar-refractivity contribution in [2.24, 2.45) is 17.2 Å².